The Morgan fingerprint density at radius 2 is 2.05 bits per heavy atom. The van der Waals surface area contributed by atoms with Crippen molar-refractivity contribution in [1.82, 2.24) is 0 Å². The third kappa shape index (κ3) is 4.69. The molecular formula is C15H24O4. The molecule has 1 aliphatic carbocycles. The smallest absolute Gasteiger partial charge is 0.310 e. The molecule has 4 heteroatoms. The van der Waals surface area contributed by atoms with Gasteiger partial charge in [-0.25, -0.2) is 0 Å². The molecule has 0 saturated carbocycles. The van der Waals surface area contributed by atoms with Gasteiger partial charge in [0, 0.05) is 0 Å². The lowest BCUT2D eigenvalue weighted by Crippen LogP contribution is -2.32. The lowest BCUT2D eigenvalue weighted by molar-refractivity contribution is -0.162. The largest absolute Gasteiger partial charge is 0.481 e. The molecule has 0 amide bonds. The summed E-state index contributed by atoms with van der Waals surface area (Å²) in [5, 5.41) is 9.24. The number of carbonyl (C=O) groups excluding carboxylic acids is 1. The first kappa shape index (κ1) is 15.7. The van der Waals surface area contributed by atoms with E-state index in [1.165, 1.54) is 0 Å². The highest BCUT2D eigenvalue weighted by Gasteiger charge is 2.35. The number of allylic oxidation sites excluding steroid dienone is 2. The van der Waals surface area contributed by atoms with Crippen LogP contribution in [0.25, 0.3) is 0 Å². The molecule has 3 unspecified atom stereocenters. The van der Waals surface area contributed by atoms with E-state index in [9.17, 15) is 14.7 Å². The Morgan fingerprint density at radius 1 is 1.32 bits per heavy atom. The van der Waals surface area contributed by atoms with Crippen molar-refractivity contribution in [1.29, 1.82) is 0 Å². The summed E-state index contributed by atoms with van der Waals surface area (Å²) >= 11 is 0. The van der Waals surface area contributed by atoms with Crippen LogP contribution in [0.15, 0.2) is 12.2 Å². The van der Waals surface area contributed by atoms with Gasteiger partial charge >= 0.3 is 11.9 Å². The van der Waals surface area contributed by atoms with Crippen LogP contribution in [0.5, 0.6) is 0 Å². The molecule has 1 N–H and O–H groups in total. The number of hydrogen-bond donors (Lipinski definition) is 1. The van der Waals surface area contributed by atoms with Gasteiger partial charge in [0.1, 0.15) is 6.10 Å². The highest BCUT2D eigenvalue weighted by Crippen LogP contribution is 2.27. The molecule has 0 aromatic rings. The number of carboxylic acids is 1. The van der Waals surface area contributed by atoms with Crippen LogP contribution in [0.3, 0.4) is 0 Å². The zero-order valence-corrected chi connectivity index (χ0v) is 11.8. The zero-order valence-electron chi connectivity index (χ0n) is 11.8. The van der Waals surface area contributed by atoms with Gasteiger partial charge in [-0.1, -0.05) is 32.4 Å². The van der Waals surface area contributed by atoms with E-state index in [0.29, 0.717) is 12.8 Å². The van der Waals surface area contributed by atoms with E-state index >= 15 is 0 Å². The Labute approximate surface area is 114 Å². The van der Waals surface area contributed by atoms with Crippen molar-refractivity contribution in [2.45, 2.75) is 58.5 Å². The van der Waals surface area contributed by atoms with Crippen LogP contribution in [0.1, 0.15) is 52.4 Å². The molecule has 0 aromatic heterocycles. The molecule has 0 aliphatic heterocycles. The number of ether oxygens (including phenoxy) is 1. The van der Waals surface area contributed by atoms with Gasteiger partial charge in [-0.05, 0) is 32.1 Å². The van der Waals surface area contributed by atoms with Crippen molar-refractivity contribution in [2.75, 3.05) is 0 Å². The average Bonchev–Trinajstić information content (AvgIpc) is 2.63. The molecule has 0 bridgehead atoms. The molecular weight excluding hydrogens is 244 g/mol. The van der Waals surface area contributed by atoms with Crippen LogP contribution in [0, 0.1) is 11.8 Å². The Balaban J connectivity index is 2.68. The third-order valence-corrected chi connectivity index (χ3v) is 3.66. The fraction of sp³-hybridized carbons (Fsp3) is 0.733. The highest BCUT2D eigenvalue weighted by molar-refractivity contribution is 5.81. The van der Waals surface area contributed by atoms with E-state index in [-0.39, 0.29) is 12.1 Å². The Morgan fingerprint density at radius 3 is 2.63 bits per heavy atom. The van der Waals surface area contributed by atoms with Crippen LogP contribution in [-0.2, 0) is 14.3 Å². The van der Waals surface area contributed by atoms with Crippen molar-refractivity contribution >= 4 is 11.9 Å². The van der Waals surface area contributed by atoms with Crippen LogP contribution >= 0.6 is 0 Å². The molecule has 0 heterocycles. The number of esters is 1. The lowest BCUT2D eigenvalue weighted by Gasteiger charge is -2.23. The first-order chi connectivity index (χ1) is 9.10. The molecule has 0 saturated heterocycles. The van der Waals surface area contributed by atoms with E-state index in [4.69, 9.17) is 4.74 Å². The molecule has 0 fully saturated rings. The van der Waals surface area contributed by atoms with Crippen molar-refractivity contribution in [3.05, 3.63) is 12.2 Å². The normalized spacial score (nSPS) is 24.5. The second-order valence-electron chi connectivity index (χ2n) is 5.09. The molecule has 0 spiro atoms. The number of rotatable bonds is 6. The highest BCUT2D eigenvalue weighted by atomic mass is 16.5. The van der Waals surface area contributed by atoms with Gasteiger partial charge in [-0.2, -0.15) is 0 Å². The van der Waals surface area contributed by atoms with Gasteiger partial charge in [-0.3, -0.25) is 9.59 Å². The first-order valence-corrected chi connectivity index (χ1v) is 7.18. The van der Waals surface area contributed by atoms with Crippen molar-refractivity contribution < 1.29 is 19.4 Å². The summed E-state index contributed by atoms with van der Waals surface area (Å²) in [5.41, 5.74) is 0. The van der Waals surface area contributed by atoms with E-state index in [1.807, 2.05) is 26.0 Å². The van der Waals surface area contributed by atoms with Crippen molar-refractivity contribution in [3.8, 4) is 0 Å². The van der Waals surface area contributed by atoms with E-state index in [1.54, 1.807) is 0 Å². The summed E-state index contributed by atoms with van der Waals surface area (Å²) in [6, 6.07) is 0. The fourth-order valence-corrected chi connectivity index (χ4v) is 2.48. The topological polar surface area (TPSA) is 63.6 Å². The second-order valence-corrected chi connectivity index (χ2v) is 5.09. The molecule has 4 nitrogen and oxygen atoms in total. The minimum atomic E-state index is -0.906. The first-order valence-electron chi connectivity index (χ1n) is 7.18. The van der Waals surface area contributed by atoms with Gasteiger partial charge in [0.25, 0.3) is 0 Å². The van der Waals surface area contributed by atoms with Gasteiger partial charge in [0.15, 0.2) is 0 Å². The summed E-state index contributed by atoms with van der Waals surface area (Å²) < 4.78 is 5.49. The Bertz CT molecular complexity index is 335. The van der Waals surface area contributed by atoms with Crippen LogP contribution in [0.4, 0.5) is 0 Å². The summed E-state index contributed by atoms with van der Waals surface area (Å²) in [6.07, 6.45) is 8.03. The van der Waals surface area contributed by atoms with Gasteiger partial charge in [0.2, 0.25) is 0 Å². The standard InChI is InChI=1S/C15H24O4/c1-3-8-11(4-2)19-15(18)13-10-7-5-6-9-12(13)14(16)17/h5-6,11-13H,3-4,7-10H2,1-2H3,(H,16,17). The van der Waals surface area contributed by atoms with Crippen molar-refractivity contribution in [2.24, 2.45) is 11.8 Å². The fourth-order valence-electron chi connectivity index (χ4n) is 2.48. The second kappa shape index (κ2) is 7.97. The van der Waals surface area contributed by atoms with Crippen LogP contribution in [-0.4, -0.2) is 23.1 Å². The predicted octanol–water partition coefficient (Wildman–Crippen LogP) is 3.17. The number of hydrogen-bond acceptors (Lipinski definition) is 3. The number of carbonyl (C=O) groups is 2. The monoisotopic (exact) mass is 268 g/mol. The molecule has 0 aromatic carbocycles. The minimum Gasteiger partial charge on any atom is -0.481 e. The van der Waals surface area contributed by atoms with Gasteiger partial charge < -0.3 is 9.84 Å². The summed E-state index contributed by atoms with van der Waals surface area (Å²) in [6.45, 7) is 4.03. The minimum absolute atomic E-state index is 0.0804. The molecule has 1 rings (SSSR count). The van der Waals surface area contributed by atoms with Crippen molar-refractivity contribution in [3.63, 3.8) is 0 Å². The Hall–Kier alpha value is -1.32. The average molecular weight is 268 g/mol. The summed E-state index contributed by atoms with van der Waals surface area (Å²) in [4.78, 5) is 23.5. The maximum Gasteiger partial charge on any atom is 0.310 e. The van der Waals surface area contributed by atoms with E-state index < -0.39 is 17.8 Å². The quantitative estimate of drug-likeness (QED) is 0.593. The van der Waals surface area contributed by atoms with Crippen LogP contribution < -0.4 is 0 Å². The lowest BCUT2D eigenvalue weighted by atomic mass is 9.88. The predicted molar refractivity (Wildman–Crippen MR) is 72.7 cm³/mol. The summed E-state index contributed by atoms with van der Waals surface area (Å²) in [5.74, 6) is -2.41. The molecule has 0 radical (unpaired) electrons. The molecule has 19 heavy (non-hydrogen) atoms. The van der Waals surface area contributed by atoms with E-state index in [2.05, 4.69) is 0 Å². The van der Waals surface area contributed by atoms with Crippen LogP contribution in [0.2, 0.25) is 0 Å². The summed E-state index contributed by atoms with van der Waals surface area (Å²) in [7, 11) is 0. The van der Waals surface area contributed by atoms with Gasteiger partial charge in [0.05, 0.1) is 11.8 Å². The van der Waals surface area contributed by atoms with E-state index in [0.717, 1.165) is 25.7 Å². The maximum atomic E-state index is 12.2. The SMILES string of the molecule is CCCC(CC)OC(=O)C1CCC=CCC1C(=O)O. The molecule has 108 valence electrons. The maximum absolute atomic E-state index is 12.2. The number of aliphatic carboxylic acids is 1. The number of carboxylic acid groups (broad SMARTS) is 1. The Kier molecular flexibility index (Phi) is 6.60. The third-order valence-electron chi connectivity index (χ3n) is 3.66. The molecule has 3 atom stereocenters. The molecule has 1 aliphatic rings. The van der Waals surface area contributed by atoms with Gasteiger partial charge in [-0.15, -0.1) is 0 Å². The zero-order chi connectivity index (χ0) is 14.3.